The minimum atomic E-state index is -0.757. The van der Waals surface area contributed by atoms with Crippen LogP contribution in [0.25, 0.3) is 6.08 Å². The minimum Gasteiger partial charge on any atom is -0.504 e. The van der Waals surface area contributed by atoms with E-state index < -0.39 is 18.0 Å². The molecule has 1 aromatic rings. The van der Waals surface area contributed by atoms with Crippen molar-refractivity contribution < 1.29 is 24.2 Å². The monoisotopic (exact) mass is 248 g/mol. The van der Waals surface area contributed by atoms with E-state index >= 15 is 0 Å². The van der Waals surface area contributed by atoms with Gasteiger partial charge >= 0.3 is 0 Å². The number of aldehydes is 1. The van der Waals surface area contributed by atoms with Gasteiger partial charge in [-0.05, 0) is 23.8 Å². The number of phenols is 1. The van der Waals surface area contributed by atoms with Crippen molar-refractivity contribution in [3.63, 3.8) is 0 Å². The largest absolute Gasteiger partial charge is 0.504 e. The molecule has 18 heavy (non-hydrogen) atoms. The van der Waals surface area contributed by atoms with Crippen LogP contribution in [0, 0.1) is 0 Å². The highest BCUT2D eigenvalue weighted by molar-refractivity contribution is 6.30. The molecule has 0 saturated carbocycles. The minimum absolute atomic E-state index is 0.00268. The number of rotatable bonds is 6. The van der Waals surface area contributed by atoms with Crippen molar-refractivity contribution in [2.75, 3.05) is 7.11 Å². The lowest BCUT2D eigenvalue weighted by Crippen LogP contribution is -2.05. The van der Waals surface area contributed by atoms with Gasteiger partial charge in [0.25, 0.3) is 0 Å². The molecule has 5 nitrogen and oxygen atoms in total. The Morgan fingerprint density at radius 1 is 1.33 bits per heavy atom. The summed E-state index contributed by atoms with van der Waals surface area (Å²) in [6, 6.07) is 4.56. The number of ether oxygens (including phenoxy) is 1. The van der Waals surface area contributed by atoms with Gasteiger partial charge in [0.2, 0.25) is 5.78 Å². The molecule has 0 fully saturated rings. The second kappa shape index (κ2) is 6.34. The number of allylic oxidation sites excluding steroid dienone is 1. The lowest BCUT2D eigenvalue weighted by atomic mass is 10.1. The summed E-state index contributed by atoms with van der Waals surface area (Å²) in [6.07, 6.45) is 2.36. The number of Topliss-reactive ketones (excluding diaryl/α,β-unsaturated/α-hetero) is 1. The Hall–Kier alpha value is -2.43. The number of carbonyl (C=O) groups is 3. The molecule has 0 amide bonds. The van der Waals surface area contributed by atoms with E-state index in [1.54, 1.807) is 12.1 Å². The maximum Gasteiger partial charge on any atom is 0.202 e. The van der Waals surface area contributed by atoms with Crippen LogP contribution in [0.5, 0.6) is 11.5 Å². The van der Waals surface area contributed by atoms with Crippen molar-refractivity contribution in [3.05, 3.63) is 29.8 Å². The van der Waals surface area contributed by atoms with Gasteiger partial charge in [-0.25, -0.2) is 0 Å². The second-order valence-electron chi connectivity index (χ2n) is 3.49. The van der Waals surface area contributed by atoms with Crippen molar-refractivity contribution in [2.24, 2.45) is 0 Å². The van der Waals surface area contributed by atoms with Crippen LogP contribution < -0.4 is 4.74 Å². The van der Waals surface area contributed by atoms with Crippen molar-refractivity contribution >= 4 is 23.9 Å². The van der Waals surface area contributed by atoms with Gasteiger partial charge in [0.05, 0.1) is 13.5 Å². The summed E-state index contributed by atoms with van der Waals surface area (Å²) in [5.74, 6) is -0.933. The fourth-order valence-corrected chi connectivity index (χ4v) is 1.26. The number of methoxy groups -OCH3 is 1. The fraction of sp³-hybridized carbons (Fsp3) is 0.154. The normalized spacial score (nSPS) is 10.3. The highest BCUT2D eigenvalue weighted by Gasteiger charge is 2.05. The van der Waals surface area contributed by atoms with E-state index in [9.17, 15) is 19.5 Å². The molecule has 1 rings (SSSR count). The predicted octanol–water partition coefficient (Wildman–Crippen LogP) is 1.14. The third kappa shape index (κ3) is 3.86. The molecule has 0 bridgehead atoms. The average Bonchev–Trinajstić information content (AvgIpc) is 2.37. The van der Waals surface area contributed by atoms with Gasteiger partial charge in [0, 0.05) is 0 Å². The van der Waals surface area contributed by atoms with Crippen LogP contribution in [-0.4, -0.2) is 30.1 Å². The van der Waals surface area contributed by atoms with Gasteiger partial charge in [0.15, 0.2) is 23.6 Å². The van der Waals surface area contributed by atoms with E-state index in [2.05, 4.69) is 0 Å². The topological polar surface area (TPSA) is 80.7 Å². The molecule has 0 saturated heterocycles. The lowest BCUT2D eigenvalue weighted by molar-refractivity contribution is -0.132. The zero-order valence-corrected chi connectivity index (χ0v) is 9.75. The van der Waals surface area contributed by atoms with E-state index in [0.717, 1.165) is 0 Å². The molecule has 0 unspecified atom stereocenters. The number of ketones is 2. The summed E-state index contributed by atoms with van der Waals surface area (Å²) in [5, 5.41) is 9.36. The van der Waals surface area contributed by atoms with Gasteiger partial charge in [-0.3, -0.25) is 14.4 Å². The van der Waals surface area contributed by atoms with Gasteiger partial charge in [-0.1, -0.05) is 12.1 Å². The third-order valence-corrected chi connectivity index (χ3v) is 2.15. The van der Waals surface area contributed by atoms with E-state index in [-0.39, 0.29) is 17.8 Å². The summed E-state index contributed by atoms with van der Waals surface area (Å²) in [7, 11) is 1.41. The first-order chi connectivity index (χ1) is 8.56. The van der Waals surface area contributed by atoms with Crippen molar-refractivity contribution in [1.29, 1.82) is 0 Å². The van der Waals surface area contributed by atoms with Crippen LogP contribution in [0.4, 0.5) is 0 Å². The Labute approximate surface area is 104 Å². The predicted molar refractivity (Wildman–Crippen MR) is 64.4 cm³/mol. The Morgan fingerprint density at radius 3 is 2.67 bits per heavy atom. The summed E-state index contributed by atoms with van der Waals surface area (Å²) in [6.45, 7) is 0. The number of phenolic OH excluding ortho intramolecular Hbond substituents is 1. The Bertz CT molecular complexity index is 502. The Kier molecular flexibility index (Phi) is 4.80. The number of hydrogen-bond acceptors (Lipinski definition) is 5. The first kappa shape index (κ1) is 13.6. The summed E-state index contributed by atoms with van der Waals surface area (Å²) < 4.78 is 4.91. The smallest absolute Gasteiger partial charge is 0.202 e. The summed E-state index contributed by atoms with van der Waals surface area (Å²) >= 11 is 0. The quantitative estimate of drug-likeness (QED) is 0.353. The van der Waals surface area contributed by atoms with E-state index in [1.165, 1.54) is 25.3 Å². The molecule has 0 aromatic heterocycles. The average molecular weight is 248 g/mol. The Balaban J connectivity index is 2.75. The maximum atomic E-state index is 11.3. The maximum absolute atomic E-state index is 11.3. The highest BCUT2D eigenvalue weighted by atomic mass is 16.5. The van der Waals surface area contributed by atoms with Gasteiger partial charge in [-0.2, -0.15) is 0 Å². The van der Waals surface area contributed by atoms with E-state index in [1.807, 2.05) is 0 Å². The molecule has 94 valence electrons. The van der Waals surface area contributed by atoms with Crippen molar-refractivity contribution in [2.45, 2.75) is 6.42 Å². The number of aromatic hydroxyl groups is 1. The zero-order chi connectivity index (χ0) is 13.5. The molecule has 1 aromatic carbocycles. The first-order valence-corrected chi connectivity index (χ1v) is 5.12. The molecule has 0 radical (unpaired) electrons. The molecule has 0 spiro atoms. The third-order valence-electron chi connectivity index (χ3n) is 2.15. The van der Waals surface area contributed by atoms with Crippen LogP contribution in [0.2, 0.25) is 0 Å². The molecular weight excluding hydrogens is 236 g/mol. The number of benzene rings is 1. The fourth-order valence-electron chi connectivity index (χ4n) is 1.26. The number of hydrogen-bond donors (Lipinski definition) is 1. The molecule has 0 atom stereocenters. The molecule has 0 aliphatic carbocycles. The van der Waals surface area contributed by atoms with Crippen LogP contribution >= 0.6 is 0 Å². The van der Waals surface area contributed by atoms with Gasteiger partial charge in [-0.15, -0.1) is 0 Å². The lowest BCUT2D eigenvalue weighted by Gasteiger charge is -2.03. The van der Waals surface area contributed by atoms with Crippen molar-refractivity contribution in [3.8, 4) is 11.5 Å². The van der Waals surface area contributed by atoms with Crippen LogP contribution in [0.15, 0.2) is 24.3 Å². The molecule has 1 N–H and O–H groups in total. The first-order valence-electron chi connectivity index (χ1n) is 5.12. The molecule has 5 heteroatoms. The van der Waals surface area contributed by atoms with Gasteiger partial charge in [0.1, 0.15) is 0 Å². The second-order valence-corrected chi connectivity index (χ2v) is 3.49. The Morgan fingerprint density at radius 2 is 2.06 bits per heavy atom. The number of carbonyl (C=O) groups excluding carboxylic acids is 3. The molecule has 0 heterocycles. The molecular formula is C13H12O5. The summed E-state index contributed by atoms with van der Waals surface area (Å²) in [5.41, 5.74) is 0.636. The zero-order valence-electron chi connectivity index (χ0n) is 9.75. The van der Waals surface area contributed by atoms with E-state index in [0.29, 0.717) is 5.56 Å². The van der Waals surface area contributed by atoms with Crippen LogP contribution in [0.3, 0.4) is 0 Å². The SMILES string of the molecule is COc1cc(/C=C/C(=O)CC(=O)C=O)ccc1O. The van der Waals surface area contributed by atoms with E-state index in [4.69, 9.17) is 4.74 Å². The highest BCUT2D eigenvalue weighted by Crippen LogP contribution is 2.26. The summed E-state index contributed by atoms with van der Waals surface area (Å²) in [4.78, 5) is 32.0. The molecule has 0 aliphatic rings. The van der Waals surface area contributed by atoms with Crippen molar-refractivity contribution in [1.82, 2.24) is 0 Å². The molecule has 0 aliphatic heterocycles. The van der Waals surface area contributed by atoms with Crippen LogP contribution in [-0.2, 0) is 14.4 Å². The standard InChI is InChI=1S/C13H12O5/c1-18-13-6-9(3-5-12(13)17)2-4-10(15)7-11(16)8-14/h2-6,8,17H,7H2,1H3/b4-2+. The van der Waals surface area contributed by atoms with Crippen LogP contribution in [0.1, 0.15) is 12.0 Å². The van der Waals surface area contributed by atoms with Gasteiger partial charge < -0.3 is 9.84 Å².